The van der Waals surface area contributed by atoms with E-state index < -0.39 is 5.97 Å². The van der Waals surface area contributed by atoms with Crippen molar-refractivity contribution >= 4 is 23.2 Å². The quantitative estimate of drug-likeness (QED) is 0.787. The van der Waals surface area contributed by atoms with Gasteiger partial charge in [-0.1, -0.05) is 30.3 Å². The zero-order chi connectivity index (χ0) is 15.8. The van der Waals surface area contributed by atoms with Crippen LogP contribution in [0.4, 0.5) is 0 Å². The van der Waals surface area contributed by atoms with Crippen molar-refractivity contribution in [2.45, 2.75) is 31.7 Å². The largest absolute Gasteiger partial charge is 0.481 e. The highest BCUT2D eigenvalue weighted by molar-refractivity contribution is 7.07. The lowest BCUT2D eigenvalue weighted by molar-refractivity contribution is -0.137. The standard InChI is InChI=1S/C17H19NO3S/c19-16(11-14-8-9-22-12-14)18-15(6-7-17(20)21)10-13-4-2-1-3-5-13/h1-5,8-9,12,15H,6-7,10-11H2,(H,18,19)(H,20,21). The summed E-state index contributed by atoms with van der Waals surface area (Å²) in [6, 6.07) is 11.5. The molecular formula is C17H19NO3S. The summed E-state index contributed by atoms with van der Waals surface area (Å²) in [5.41, 5.74) is 2.08. The van der Waals surface area contributed by atoms with Crippen LogP contribution in [0.2, 0.25) is 0 Å². The maximum absolute atomic E-state index is 12.1. The predicted octanol–water partition coefficient (Wildman–Crippen LogP) is 2.88. The van der Waals surface area contributed by atoms with Crippen LogP contribution < -0.4 is 5.32 Å². The van der Waals surface area contributed by atoms with Gasteiger partial charge in [0, 0.05) is 12.5 Å². The average Bonchev–Trinajstić information content (AvgIpc) is 2.98. The highest BCUT2D eigenvalue weighted by Crippen LogP contribution is 2.10. The molecule has 0 aliphatic carbocycles. The number of carboxylic acid groups (broad SMARTS) is 1. The SMILES string of the molecule is O=C(O)CCC(Cc1ccccc1)NC(=O)Cc1ccsc1. The minimum Gasteiger partial charge on any atom is -0.481 e. The minimum absolute atomic E-state index is 0.0518. The fraction of sp³-hybridized carbons (Fsp3) is 0.294. The summed E-state index contributed by atoms with van der Waals surface area (Å²) in [7, 11) is 0. The van der Waals surface area contributed by atoms with Gasteiger partial charge in [0.05, 0.1) is 6.42 Å². The zero-order valence-electron chi connectivity index (χ0n) is 12.2. The van der Waals surface area contributed by atoms with Crippen molar-refractivity contribution in [2.75, 3.05) is 0 Å². The first-order valence-corrected chi connectivity index (χ1v) is 8.14. The van der Waals surface area contributed by atoms with E-state index in [2.05, 4.69) is 5.32 Å². The lowest BCUT2D eigenvalue weighted by atomic mass is 10.0. The van der Waals surface area contributed by atoms with E-state index in [0.717, 1.165) is 11.1 Å². The summed E-state index contributed by atoms with van der Waals surface area (Å²) in [5.74, 6) is -0.908. The van der Waals surface area contributed by atoms with Crippen LogP contribution in [0.15, 0.2) is 47.2 Å². The van der Waals surface area contributed by atoms with Gasteiger partial charge in [0.25, 0.3) is 0 Å². The number of hydrogen-bond acceptors (Lipinski definition) is 3. The van der Waals surface area contributed by atoms with Gasteiger partial charge in [-0.05, 0) is 40.8 Å². The van der Waals surface area contributed by atoms with E-state index in [-0.39, 0.29) is 18.4 Å². The third-order valence-corrected chi connectivity index (χ3v) is 4.07. The third-order valence-electron chi connectivity index (χ3n) is 3.34. The van der Waals surface area contributed by atoms with E-state index in [1.807, 2.05) is 47.2 Å². The van der Waals surface area contributed by atoms with E-state index in [4.69, 9.17) is 5.11 Å². The number of benzene rings is 1. The van der Waals surface area contributed by atoms with Crippen LogP contribution in [0.5, 0.6) is 0 Å². The van der Waals surface area contributed by atoms with Crippen LogP contribution in [-0.2, 0) is 22.4 Å². The molecule has 1 unspecified atom stereocenters. The van der Waals surface area contributed by atoms with Crippen molar-refractivity contribution in [1.82, 2.24) is 5.32 Å². The van der Waals surface area contributed by atoms with Crippen LogP contribution in [0.25, 0.3) is 0 Å². The van der Waals surface area contributed by atoms with E-state index in [9.17, 15) is 9.59 Å². The molecule has 0 spiro atoms. The van der Waals surface area contributed by atoms with E-state index >= 15 is 0 Å². The number of carbonyl (C=O) groups is 2. The number of rotatable bonds is 8. The highest BCUT2D eigenvalue weighted by atomic mass is 32.1. The Kier molecular flexibility index (Phi) is 6.15. The molecule has 0 radical (unpaired) electrons. The van der Waals surface area contributed by atoms with Crippen LogP contribution in [0.1, 0.15) is 24.0 Å². The lowest BCUT2D eigenvalue weighted by Gasteiger charge is -2.18. The molecule has 0 bridgehead atoms. The molecule has 1 aromatic carbocycles. The summed E-state index contributed by atoms with van der Waals surface area (Å²) in [6.45, 7) is 0. The molecule has 2 rings (SSSR count). The Hall–Kier alpha value is -2.14. The third kappa shape index (κ3) is 5.69. The normalized spacial score (nSPS) is 11.8. The van der Waals surface area contributed by atoms with E-state index in [1.165, 1.54) is 0 Å². The van der Waals surface area contributed by atoms with Crippen molar-refractivity contribution in [3.05, 3.63) is 58.3 Å². The Balaban J connectivity index is 1.94. The summed E-state index contributed by atoms with van der Waals surface area (Å²) in [6.07, 6.45) is 1.46. The highest BCUT2D eigenvalue weighted by Gasteiger charge is 2.15. The lowest BCUT2D eigenvalue weighted by Crippen LogP contribution is -2.37. The number of aliphatic carboxylic acids is 1. The molecule has 1 aromatic heterocycles. The molecule has 0 aliphatic rings. The van der Waals surface area contributed by atoms with Crippen molar-refractivity contribution in [1.29, 1.82) is 0 Å². The van der Waals surface area contributed by atoms with E-state index in [0.29, 0.717) is 19.3 Å². The summed E-state index contributed by atoms with van der Waals surface area (Å²) >= 11 is 1.56. The number of amides is 1. The molecule has 1 amide bonds. The van der Waals surface area contributed by atoms with Crippen molar-refractivity contribution in [3.63, 3.8) is 0 Å². The molecule has 0 saturated heterocycles. The molecule has 0 saturated carbocycles. The van der Waals surface area contributed by atoms with Gasteiger partial charge in [-0.2, -0.15) is 11.3 Å². The summed E-state index contributed by atoms with van der Waals surface area (Å²) < 4.78 is 0. The Morgan fingerprint density at radius 2 is 1.91 bits per heavy atom. The van der Waals surface area contributed by atoms with Gasteiger partial charge in [0.2, 0.25) is 5.91 Å². The molecule has 4 nitrogen and oxygen atoms in total. The molecule has 1 heterocycles. The van der Waals surface area contributed by atoms with Gasteiger partial charge in [-0.15, -0.1) is 0 Å². The molecule has 116 valence electrons. The van der Waals surface area contributed by atoms with Gasteiger partial charge < -0.3 is 10.4 Å². The minimum atomic E-state index is -0.842. The maximum atomic E-state index is 12.1. The first-order valence-electron chi connectivity index (χ1n) is 7.19. The van der Waals surface area contributed by atoms with Gasteiger partial charge in [0.15, 0.2) is 0 Å². The number of thiophene rings is 1. The van der Waals surface area contributed by atoms with Crippen LogP contribution in [0.3, 0.4) is 0 Å². The molecular weight excluding hydrogens is 298 g/mol. The fourth-order valence-corrected chi connectivity index (χ4v) is 2.95. The summed E-state index contributed by atoms with van der Waals surface area (Å²) in [4.78, 5) is 22.9. The Morgan fingerprint density at radius 3 is 2.55 bits per heavy atom. The molecule has 0 fully saturated rings. The smallest absolute Gasteiger partial charge is 0.303 e. The maximum Gasteiger partial charge on any atom is 0.303 e. The predicted molar refractivity (Wildman–Crippen MR) is 87.0 cm³/mol. The summed E-state index contributed by atoms with van der Waals surface area (Å²) in [5, 5.41) is 15.7. The number of hydrogen-bond donors (Lipinski definition) is 2. The average molecular weight is 317 g/mol. The second-order valence-corrected chi connectivity index (χ2v) is 5.97. The molecule has 22 heavy (non-hydrogen) atoms. The Bertz CT molecular complexity index is 596. The molecule has 0 aliphatic heterocycles. The van der Waals surface area contributed by atoms with Gasteiger partial charge in [-0.25, -0.2) is 0 Å². The zero-order valence-corrected chi connectivity index (χ0v) is 13.0. The molecule has 2 aromatic rings. The molecule has 2 N–H and O–H groups in total. The van der Waals surface area contributed by atoms with Crippen LogP contribution in [-0.4, -0.2) is 23.0 Å². The van der Waals surface area contributed by atoms with Crippen molar-refractivity contribution < 1.29 is 14.7 Å². The van der Waals surface area contributed by atoms with Gasteiger partial charge in [0.1, 0.15) is 0 Å². The van der Waals surface area contributed by atoms with Gasteiger partial charge in [-0.3, -0.25) is 9.59 Å². The Labute approximate surface area is 133 Å². The first-order chi connectivity index (χ1) is 10.6. The molecule has 1 atom stereocenters. The monoisotopic (exact) mass is 317 g/mol. The topological polar surface area (TPSA) is 66.4 Å². The van der Waals surface area contributed by atoms with Crippen LogP contribution >= 0.6 is 11.3 Å². The Morgan fingerprint density at radius 1 is 1.14 bits per heavy atom. The number of carboxylic acids is 1. The second kappa shape index (κ2) is 8.34. The van der Waals surface area contributed by atoms with Crippen molar-refractivity contribution in [2.24, 2.45) is 0 Å². The van der Waals surface area contributed by atoms with Crippen molar-refractivity contribution in [3.8, 4) is 0 Å². The number of carbonyl (C=O) groups excluding carboxylic acids is 1. The van der Waals surface area contributed by atoms with E-state index in [1.54, 1.807) is 11.3 Å². The number of nitrogens with one attached hydrogen (secondary N) is 1. The molecule has 5 heteroatoms. The first kappa shape index (κ1) is 16.2. The van der Waals surface area contributed by atoms with Crippen LogP contribution in [0, 0.1) is 0 Å². The van der Waals surface area contributed by atoms with Gasteiger partial charge >= 0.3 is 5.97 Å². The fourth-order valence-electron chi connectivity index (χ4n) is 2.28. The second-order valence-electron chi connectivity index (χ2n) is 5.19.